The highest BCUT2D eigenvalue weighted by Gasteiger charge is 2.47. The molecule has 4 amide bonds. The number of likely N-dealkylation sites (tertiary alicyclic amines) is 1. The molecule has 3 aromatic rings. The molecule has 0 unspecified atom stereocenters. The van der Waals surface area contributed by atoms with Gasteiger partial charge < -0.3 is 36.2 Å². The summed E-state index contributed by atoms with van der Waals surface area (Å²) in [5.74, 6) is -8.59. The average molecular weight is 908 g/mol. The molecule has 2 fully saturated rings. The third-order valence-corrected chi connectivity index (χ3v) is 10.8. The van der Waals surface area contributed by atoms with Crippen LogP contribution in [-0.4, -0.2) is 208 Å². The Bertz CT molecular complexity index is 2230. The highest BCUT2D eigenvalue weighted by molar-refractivity contribution is 6.07. The summed E-state index contributed by atoms with van der Waals surface area (Å²) in [6, 6.07) is 10.2. The molecule has 2 aromatic heterocycles. The van der Waals surface area contributed by atoms with Crippen molar-refractivity contribution < 1.29 is 57.7 Å². The highest BCUT2D eigenvalue weighted by Crippen LogP contribution is 2.32. The molecular formula is C42H51F2N11O10. The molecule has 1 atom stereocenters. The predicted molar refractivity (Wildman–Crippen MR) is 227 cm³/mol. The topological polar surface area (TPSA) is 282 Å². The quantitative estimate of drug-likeness (QED) is 0.0931. The van der Waals surface area contributed by atoms with Gasteiger partial charge in [0.2, 0.25) is 11.8 Å². The largest absolute Gasteiger partial charge is 0.480 e. The molecule has 5 rings (SSSR count). The zero-order valence-electron chi connectivity index (χ0n) is 35.5. The zero-order chi connectivity index (χ0) is 47.1. The summed E-state index contributed by atoms with van der Waals surface area (Å²) in [5, 5.41) is 45.9. The maximum Gasteiger partial charge on any atom is 0.317 e. The molecular weight excluding hydrogens is 857 g/mol. The lowest BCUT2D eigenvalue weighted by Crippen LogP contribution is -2.49. The number of nitrogens with one attached hydrogen (secondary N) is 3. The predicted octanol–water partition coefficient (Wildman–Crippen LogP) is -0.502. The van der Waals surface area contributed by atoms with E-state index in [1.807, 2.05) is 0 Å². The zero-order valence-corrected chi connectivity index (χ0v) is 35.5. The Labute approximate surface area is 372 Å². The number of rotatable bonds is 17. The Hall–Kier alpha value is -6.74. The average Bonchev–Trinajstić information content (AvgIpc) is 3.59. The number of carbonyl (C=O) groups excluding carboxylic acids is 4. The van der Waals surface area contributed by atoms with Gasteiger partial charge in [-0.05, 0) is 36.2 Å². The SMILES string of the molecule is N#C[C@@H]1CC(F)(F)CN1C(=O)CNC(=O)c1ccnc2ccc(-c3ccc(C(=O)NCCCNC(=O)CN4CCN(CC(=O)O)CCN(CC(=O)O)CCN(CC(=O)O)CC4)nc3)cc12. The number of carboxylic acid groups (broad SMARTS) is 3. The van der Waals surface area contributed by atoms with Gasteiger partial charge in [0.15, 0.2) is 0 Å². The van der Waals surface area contributed by atoms with Crippen molar-refractivity contribution in [3.05, 3.63) is 60.0 Å². The molecule has 0 saturated carbocycles. The van der Waals surface area contributed by atoms with E-state index in [1.54, 1.807) is 49.9 Å². The minimum atomic E-state index is -3.19. The van der Waals surface area contributed by atoms with Gasteiger partial charge in [0, 0.05) is 95.2 Å². The van der Waals surface area contributed by atoms with E-state index in [0.717, 1.165) is 4.90 Å². The van der Waals surface area contributed by atoms with Crippen LogP contribution in [0.5, 0.6) is 0 Å². The van der Waals surface area contributed by atoms with Crippen LogP contribution in [0.1, 0.15) is 33.7 Å². The van der Waals surface area contributed by atoms with E-state index >= 15 is 0 Å². The van der Waals surface area contributed by atoms with Crippen molar-refractivity contribution in [3.8, 4) is 17.2 Å². The van der Waals surface area contributed by atoms with E-state index in [-0.39, 0.29) is 95.7 Å². The molecule has 0 radical (unpaired) electrons. The first kappa shape index (κ1) is 49.3. The summed E-state index contributed by atoms with van der Waals surface area (Å²) in [5.41, 5.74) is 2.00. The molecule has 65 heavy (non-hydrogen) atoms. The summed E-state index contributed by atoms with van der Waals surface area (Å²) >= 11 is 0. The Morgan fingerprint density at radius 2 is 1.26 bits per heavy atom. The second kappa shape index (κ2) is 23.3. The van der Waals surface area contributed by atoms with Crippen molar-refractivity contribution in [3.63, 3.8) is 0 Å². The third-order valence-electron chi connectivity index (χ3n) is 10.8. The van der Waals surface area contributed by atoms with Crippen LogP contribution in [-0.2, 0) is 24.0 Å². The summed E-state index contributed by atoms with van der Waals surface area (Å²) in [4.78, 5) is 102. The number of benzene rings is 1. The summed E-state index contributed by atoms with van der Waals surface area (Å²) in [6.45, 7) is 0.201. The number of carbonyl (C=O) groups is 7. The number of hydrogen-bond acceptors (Lipinski definition) is 14. The lowest BCUT2D eigenvalue weighted by molar-refractivity contribution is -0.140. The van der Waals surface area contributed by atoms with Crippen LogP contribution in [0.3, 0.4) is 0 Å². The van der Waals surface area contributed by atoms with Gasteiger partial charge in [-0.25, -0.2) is 8.78 Å². The molecule has 0 spiro atoms. The van der Waals surface area contributed by atoms with Gasteiger partial charge in [-0.2, -0.15) is 5.26 Å². The first-order valence-corrected chi connectivity index (χ1v) is 20.8. The lowest BCUT2D eigenvalue weighted by Gasteiger charge is -2.32. The van der Waals surface area contributed by atoms with Crippen molar-refractivity contribution in [2.24, 2.45) is 0 Å². The van der Waals surface area contributed by atoms with Crippen LogP contribution < -0.4 is 16.0 Å². The van der Waals surface area contributed by atoms with Crippen molar-refractivity contribution in [1.29, 1.82) is 5.26 Å². The number of fused-ring (bicyclic) bond motifs is 1. The van der Waals surface area contributed by atoms with Gasteiger partial charge in [-0.1, -0.05) is 12.1 Å². The normalized spacial score (nSPS) is 17.9. The van der Waals surface area contributed by atoms with Gasteiger partial charge in [-0.15, -0.1) is 0 Å². The molecule has 23 heteroatoms. The Morgan fingerprint density at radius 3 is 1.80 bits per heavy atom. The number of carboxylic acids is 3. The molecule has 0 aliphatic carbocycles. The molecule has 4 heterocycles. The van der Waals surface area contributed by atoms with Crippen molar-refractivity contribution >= 4 is 52.4 Å². The number of aliphatic carboxylic acids is 3. The van der Waals surface area contributed by atoms with E-state index in [2.05, 4.69) is 25.9 Å². The Morgan fingerprint density at radius 1 is 0.708 bits per heavy atom. The van der Waals surface area contributed by atoms with Crippen molar-refractivity contribution in [2.45, 2.75) is 24.8 Å². The number of hydrogen-bond donors (Lipinski definition) is 6. The third kappa shape index (κ3) is 15.2. The maximum absolute atomic E-state index is 13.8. The molecule has 2 aliphatic heterocycles. The first-order valence-electron chi connectivity index (χ1n) is 20.8. The number of alkyl halides is 2. The lowest BCUT2D eigenvalue weighted by atomic mass is 10.0. The minimum Gasteiger partial charge on any atom is -0.480 e. The molecule has 2 saturated heterocycles. The second-order valence-corrected chi connectivity index (χ2v) is 15.7. The van der Waals surface area contributed by atoms with Crippen molar-refractivity contribution in [2.75, 3.05) is 105 Å². The van der Waals surface area contributed by atoms with Gasteiger partial charge in [0.1, 0.15) is 11.7 Å². The van der Waals surface area contributed by atoms with Crippen molar-refractivity contribution in [1.82, 2.24) is 50.4 Å². The summed E-state index contributed by atoms with van der Waals surface area (Å²) < 4.78 is 27.7. The Balaban J connectivity index is 1.10. The number of halogens is 2. The number of aromatic nitrogens is 2. The smallest absolute Gasteiger partial charge is 0.317 e. The highest BCUT2D eigenvalue weighted by atomic mass is 19.3. The maximum atomic E-state index is 13.8. The van der Waals surface area contributed by atoms with E-state index in [0.29, 0.717) is 41.5 Å². The van der Waals surface area contributed by atoms with Gasteiger partial charge in [0.25, 0.3) is 17.7 Å². The van der Waals surface area contributed by atoms with Crippen LogP contribution in [0.4, 0.5) is 8.78 Å². The molecule has 6 N–H and O–H groups in total. The standard InChI is InChI=1S/C42H51F2N11O10/c43-42(44)19-30(20-45)55(27-42)36(57)22-50-40(64)31-6-9-46-33-4-2-28(18-32(31)33)29-3-5-34(49-21-29)41(65)48-8-1-7-47-35(56)23-51-10-12-52(24-37(58)59)14-16-54(26-39(62)63)17-15-53(13-11-51)25-38(60)61/h2-6,9,18,21,30H,1,7-8,10-17,19,22-27H2,(H,47,56)(H,48,65)(H,50,64)(H,58,59)(H,60,61)(H,62,63)/t30-/m0/s1. The van der Waals surface area contributed by atoms with Crippen LogP contribution in [0.2, 0.25) is 0 Å². The molecule has 2 aliphatic rings. The molecule has 348 valence electrons. The number of nitriles is 1. The van der Waals surface area contributed by atoms with Crippen LogP contribution >= 0.6 is 0 Å². The minimum absolute atomic E-state index is 0.0476. The summed E-state index contributed by atoms with van der Waals surface area (Å²) in [6.07, 6.45) is 2.51. The van der Waals surface area contributed by atoms with Gasteiger partial charge >= 0.3 is 17.9 Å². The summed E-state index contributed by atoms with van der Waals surface area (Å²) in [7, 11) is 0. The van der Waals surface area contributed by atoms with E-state index in [9.17, 15) is 62.9 Å². The second-order valence-electron chi connectivity index (χ2n) is 15.7. The van der Waals surface area contributed by atoms with Crippen LogP contribution in [0.25, 0.3) is 22.0 Å². The van der Waals surface area contributed by atoms with E-state index < -0.39 is 67.1 Å². The van der Waals surface area contributed by atoms with Gasteiger partial charge in [0.05, 0.1) is 56.4 Å². The number of nitrogens with zero attached hydrogens (tertiary/aromatic N) is 8. The fraction of sp³-hybridized carbons (Fsp3) is 0.476. The van der Waals surface area contributed by atoms with Gasteiger partial charge in [-0.3, -0.25) is 63.1 Å². The monoisotopic (exact) mass is 907 g/mol. The number of amides is 4. The van der Waals surface area contributed by atoms with E-state index in [4.69, 9.17) is 0 Å². The first-order chi connectivity index (χ1) is 31.0. The van der Waals surface area contributed by atoms with Crippen LogP contribution in [0, 0.1) is 11.3 Å². The fourth-order valence-corrected chi connectivity index (χ4v) is 7.42. The fourth-order valence-electron chi connectivity index (χ4n) is 7.42. The van der Waals surface area contributed by atoms with Crippen LogP contribution in [0.15, 0.2) is 48.8 Å². The molecule has 1 aromatic carbocycles. The molecule has 0 bridgehead atoms. The Kier molecular flexibility index (Phi) is 17.6. The molecule has 21 nitrogen and oxygen atoms in total. The van der Waals surface area contributed by atoms with E-state index in [1.165, 1.54) is 24.5 Å². The number of pyridine rings is 2.